The number of nitro groups is 1. The number of amides is 1. The van der Waals surface area contributed by atoms with E-state index in [1.165, 1.54) is 0 Å². The molecule has 20 heavy (non-hydrogen) atoms. The van der Waals surface area contributed by atoms with Gasteiger partial charge in [0.05, 0.1) is 6.42 Å². The fraction of sp³-hybridized carbons (Fsp3) is 0.133. The average Bonchev–Trinajstić information content (AvgIpc) is 2.48. The summed E-state index contributed by atoms with van der Waals surface area (Å²) in [6, 6.07) is 17.3. The zero-order valence-electron chi connectivity index (χ0n) is 10.7. The molecule has 0 saturated carbocycles. The molecule has 1 unspecified atom stereocenters. The van der Waals surface area contributed by atoms with Crippen LogP contribution in [0, 0.1) is 10.1 Å². The smallest absolute Gasteiger partial charge is 0.290 e. The third-order valence-electron chi connectivity index (χ3n) is 2.98. The molecule has 0 radical (unpaired) electrons. The molecule has 0 spiro atoms. The van der Waals surface area contributed by atoms with E-state index in [1.807, 2.05) is 54.6 Å². The summed E-state index contributed by atoms with van der Waals surface area (Å²) in [5.74, 6) is 0. The number of nitrogens with one attached hydrogen (secondary N) is 1. The quantitative estimate of drug-likeness (QED) is 0.378. The van der Waals surface area contributed by atoms with Crippen LogP contribution in [0.5, 0.6) is 0 Å². The lowest BCUT2D eigenvalue weighted by Gasteiger charge is -2.09. The van der Waals surface area contributed by atoms with Gasteiger partial charge < -0.3 is 0 Å². The highest BCUT2D eigenvalue weighted by Gasteiger charge is 2.19. The molecule has 1 amide bonds. The summed E-state index contributed by atoms with van der Waals surface area (Å²) in [5, 5.41) is 13.0. The van der Waals surface area contributed by atoms with Crippen molar-refractivity contribution in [1.82, 2.24) is 5.32 Å². The van der Waals surface area contributed by atoms with Crippen molar-refractivity contribution in [2.24, 2.45) is 0 Å². The molecular formula is C15H14N2O3. The Morgan fingerprint density at radius 3 is 2.45 bits per heavy atom. The zero-order valence-corrected chi connectivity index (χ0v) is 10.7. The van der Waals surface area contributed by atoms with Gasteiger partial charge in [0.15, 0.2) is 0 Å². The summed E-state index contributed by atoms with van der Waals surface area (Å²) < 4.78 is 0. The van der Waals surface area contributed by atoms with Gasteiger partial charge in [-0.2, -0.15) is 0 Å². The molecule has 102 valence electrons. The molecule has 2 rings (SSSR count). The van der Waals surface area contributed by atoms with E-state index in [9.17, 15) is 14.9 Å². The predicted octanol–water partition coefficient (Wildman–Crippen LogP) is 2.24. The molecule has 0 heterocycles. The van der Waals surface area contributed by atoms with E-state index in [-0.39, 0.29) is 6.42 Å². The normalized spacial score (nSPS) is 11.6. The molecule has 0 aliphatic heterocycles. The van der Waals surface area contributed by atoms with Gasteiger partial charge in [-0.3, -0.25) is 20.2 Å². The molecule has 0 saturated heterocycles. The van der Waals surface area contributed by atoms with Crippen LogP contribution in [0.4, 0.5) is 0 Å². The topological polar surface area (TPSA) is 72.2 Å². The molecule has 0 bridgehead atoms. The Labute approximate surface area is 116 Å². The van der Waals surface area contributed by atoms with Gasteiger partial charge in [-0.1, -0.05) is 54.6 Å². The molecule has 0 aliphatic rings. The van der Waals surface area contributed by atoms with E-state index in [2.05, 4.69) is 5.32 Å². The molecule has 5 nitrogen and oxygen atoms in total. The maximum absolute atomic E-state index is 10.8. The van der Waals surface area contributed by atoms with E-state index in [0.717, 1.165) is 16.7 Å². The minimum atomic E-state index is -1.10. The number of rotatable bonds is 6. The fourth-order valence-electron chi connectivity index (χ4n) is 2.00. The number of hydrogen-bond acceptors (Lipinski definition) is 3. The summed E-state index contributed by atoms with van der Waals surface area (Å²) in [4.78, 5) is 20.7. The third kappa shape index (κ3) is 3.41. The van der Waals surface area contributed by atoms with Crippen LogP contribution in [0.1, 0.15) is 5.56 Å². The molecule has 0 aliphatic carbocycles. The molecular weight excluding hydrogens is 256 g/mol. The number of hydrogen-bond donors (Lipinski definition) is 1. The Kier molecular flexibility index (Phi) is 4.44. The average molecular weight is 270 g/mol. The Hall–Kier alpha value is -2.69. The Morgan fingerprint density at radius 1 is 1.10 bits per heavy atom. The number of nitrogens with zero attached hydrogens (tertiary/aromatic N) is 1. The van der Waals surface area contributed by atoms with Crippen molar-refractivity contribution in [3.8, 4) is 11.1 Å². The first-order valence-corrected chi connectivity index (χ1v) is 6.18. The lowest BCUT2D eigenvalue weighted by atomic mass is 10.0. The molecule has 5 heteroatoms. The summed E-state index contributed by atoms with van der Waals surface area (Å²) in [6.45, 7) is 0. The molecule has 0 aromatic heterocycles. The lowest BCUT2D eigenvalue weighted by molar-refractivity contribution is -0.526. The van der Waals surface area contributed by atoms with Crippen LogP contribution in [0.15, 0.2) is 54.6 Å². The number of carbonyl (C=O) groups excluding carboxylic acids is 1. The number of carbonyl (C=O) groups is 1. The van der Waals surface area contributed by atoms with Crippen molar-refractivity contribution in [2.45, 2.75) is 12.6 Å². The van der Waals surface area contributed by atoms with E-state index in [0.29, 0.717) is 6.41 Å². The van der Waals surface area contributed by atoms with Gasteiger partial charge in [-0.25, -0.2) is 0 Å². The maximum atomic E-state index is 10.8. The van der Waals surface area contributed by atoms with Crippen molar-refractivity contribution >= 4 is 6.41 Å². The van der Waals surface area contributed by atoms with Crippen LogP contribution in [0.3, 0.4) is 0 Å². The summed E-state index contributed by atoms with van der Waals surface area (Å²) in [6.07, 6.45) is -0.584. The van der Waals surface area contributed by atoms with Gasteiger partial charge in [0.25, 0.3) is 6.17 Å². The minimum absolute atomic E-state index is 0.159. The van der Waals surface area contributed by atoms with Crippen LogP contribution in [-0.2, 0) is 11.2 Å². The van der Waals surface area contributed by atoms with Gasteiger partial charge in [0.1, 0.15) is 0 Å². The monoisotopic (exact) mass is 270 g/mol. The Morgan fingerprint density at radius 2 is 1.80 bits per heavy atom. The van der Waals surface area contributed by atoms with Gasteiger partial charge in [-0.15, -0.1) is 0 Å². The van der Waals surface area contributed by atoms with Crippen molar-refractivity contribution in [3.05, 3.63) is 70.3 Å². The molecule has 1 atom stereocenters. The number of benzene rings is 2. The molecule has 0 fully saturated rings. The highest BCUT2D eigenvalue weighted by molar-refractivity contribution is 5.64. The van der Waals surface area contributed by atoms with Gasteiger partial charge >= 0.3 is 0 Å². The van der Waals surface area contributed by atoms with E-state index < -0.39 is 11.1 Å². The summed E-state index contributed by atoms with van der Waals surface area (Å²) in [7, 11) is 0. The molecule has 2 aromatic carbocycles. The van der Waals surface area contributed by atoms with E-state index in [1.54, 1.807) is 0 Å². The van der Waals surface area contributed by atoms with Crippen molar-refractivity contribution < 1.29 is 9.72 Å². The van der Waals surface area contributed by atoms with Crippen LogP contribution < -0.4 is 5.32 Å². The second kappa shape index (κ2) is 6.47. The lowest BCUT2D eigenvalue weighted by Crippen LogP contribution is -2.37. The minimum Gasteiger partial charge on any atom is -0.296 e. The van der Waals surface area contributed by atoms with Crippen molar-refractivity contribution in [3.63, 3.8) is 0 Å². The Bertz CT molecular complexity index is 599. The SMILES string of the molecule is O=CNC(Cc1cccc(-c2ccccc2)c1)[N+](=O)[O-]. The fourth-order valence-corrected chi connectivity index (χ4v) is 2.00. The van der Waals surface area contributed by atoms with Crippen molar-refractivity contribution in [2.75, 3.05) is 0 Å². The molecule has 1 N–H and O–H groups in total. The van der Waals surface area contributed by atoms with Crippen LogP contribution in [0.25, 0.3) is 11.1 Å². The first-order chi connectivity index (χ1) is 9.70. The van der Waals surface area contributed by atoms with Crippen LogP contribution >= 0.6 is 0 Å². The second-order valence-corrected chi connectivity index (χ2v) is 4.36. The first kappa shape index (κ1) is 13.7. The zero-order chi connectivity index (χ0) is 14.4. The van der Waals surface area contributed by atoms with Crippen LogP contribution in [0.2, 0.25) is 0 Å². The highest BCUT2D eigenvalue weighted by atomic mass is 16.6. The van der Waals surface area contributed by atoms with Crippen molar-refractivity contribution in [1.29, 1.82) is 0 Å². The largest absolute Gasteiger partial charge is 0.296 e. The summed E-state index contributed by atoms with van der Waals surface area (Å²) >= 11 is 0. The van der Waals surface area contributed by atoms with Gasteiger partial charge in [0, 0.05) is 4.92 Å². The molecule has 2 aromatic rings. The third-order valence-corrected chi connectivity index (χ3v) is 2.98. The highest BCUT2D eigenvalue weighted by Crippen LogP contribution is 2.20. The maximum Gasteiger partial charge on any atom is 0.290 e. The summed E-state index contributed by atoms with van der Waals surface area (Å²) in [5.41, 5.74) is 2.86. The predicted molar refractivity (Wildman–Crippen MR) is 75.6 cm³/mol. The van der Waals surface area contributed by atoms with Gasteiger partial charge in [-0.05, 0) is 16.7 Å². The Balaban J connectivity index is 2.21. The van der Waals surface area contributed by atoms with Gasteiger partial charge in [0.2, 0.25) is 6.41 Å². The second-order valence-electron chi connectivity index (χ2n) is 4.36. The van der Waals surface area contributed by atoms with Crippen LogP contribution in [-0.4, -0.2) is 17.5 Å². The standard InChI is InChI=1S/C15H14N2O3/c18-11-16-15(17(19)20)10-12-5-4-8-14(9-12)13-6-2-1-3-7-13/h1-9,11,15H,10H2,(H,16,18). The first-order valence-electron chi connectivity index (χ1n) is 6.18. The van der Waals surface area contributed by atoms with E-state index >= 15 is 0 Å². The van der Waals surface area contributed by atoms with E-state index in [4.69, 9.17) is 0 Å².